The third-order valence-electron chi connectivity index (χ3n) is 12.9. The first-order valence-corrected chi connectivity index (χ1v) is 21.1. The number of carbonyl (C=O) groups excluding carboxylic acids is 4. The number of allylic oxidation sites excluding steroid dienone is 4. The summed E-state index contributed by atoms with van der Waals surface area (Å²) in [5.41, 5.74) is 0.830. The van der Waals surface area contributed by atoms with Gasteiger partial charge in [0.2, 0.25) is 5.79 Å². The summed E-state index contributed by atoms with van der Waals surface area (Å²) < 4.78 is 29.7. The zero-order chi connectivity index (χ0) is 43.8. The number of carbonyl (C=O) groups is 4. The highest BCUT2D eigenvalue weighted by Crippen LogP contribution is 2.39. The van der Waals surface area contributed by atoms with Crippen LogP contribution in [0.4, 0.5) is 0 Å². The minimum absolute atomic E-state index is 0.0322. The van der Waals surface area contributed by atoms with Gasteiger partial charge in [-0.25, -0.2) is 4.79 Å². The van der Waals surface area contributed by atoms with Crippen LogP contribution in [0.5, 0.6) is 0 Å². The molecule has 0 spiro atoms. The van der Waals surface area contributed by atoms with Crippen molar-refractivity contribution in [2.24, 2.45) is 34.7 Å². The lowest BCUT2D eigenvalue weighted by atomic mass is 9.81. The molecule has 0 aromatic carbocycles. The second-order valence-electron chi connectivity index (χ2n) is 17.3. The zero-order valence-corrected chi connectivity index (χ0v) is 36.1. The Hall–Kier alpha value is -3.31. The van der Waals surface area contributed by atoms with Crippen molar-refractivity contribution in [1.82, 2.24) is 4.90 Å². The monoisotopic (exact) mass is 832 g/mol. The molecule has 1 aliphatic carbocycles. The number of methoxy groups -OCH3 is 3. The van der Waals surface area contributed by atoms with Gasteiger partial charge in [0.25, 0.3) is 11.7 Å². The Morgan fingerprint density at radius 3 is 2.27 bits per heavy atom. The highest BCUT2D eigenvalue weighted by Gasteiger charge is 2.56. The molecule has 3 heterocycles. The highest BCUT2D eigenvalue weighted by molar-refractivity contribution is 6.42. The maximum Gasteiger partial charge on any atom is 0.329 e. The van der Waals surface area contributed by atoms with Gasteiger partial charge in [0.05, 0.1) is 24.4 Å². The molecule has 15 nitrogen and oxygen atoms in total. The summed E-state index contributed by atoms with van der Waals surface area (Å²) in [6, 6.07) is -1.23. The second-order valence-corrected chi connectivity index (χ2v) is 17.3. The normalized spacial score (nSPS) is 40.7. The van der Waals surface area contributed by atoms with Crippen molar-refractivity contribution in [2.75, 3.05) is 27.9 Å². The number of ether oxygens (including phenoxy) is 5. The topological polar surface area (TPSA) is 211 Å². The van der Waals surface area contributed by atoms with E-state index in [9.17, 15) is 39.7 Å². The molecule has 59 heavy (non-hydrogen) atoms. The SMILES string of the molecule is C=CCC1/C=C(\C)CC(C)CC(OC)C2OC(O)(C(=O)C(=O)N3CCCCC3C(=O)OC(C(C)=CC3CCC(O)C(OC)C3)C(C)C(O)C(=NO)C1=O)C(C)CC2OC. The summed E-state index contributed by atoms with van der Waals surface area (Å²) in [6.45, 7) is 12.6. The summed E-state index contributed by atoms with van der Waals surface area (Å²) in [5.74, 6) is -9.28. The molecule has 4 rings (SSSR count). The number of cyclic esters (lactones) is 1. The van der Waals surface area contributed by atoms with Gasteiger partial charge in [0, 0.05) is 45.6 Å². The number of Topliss-reactive ketones (excluding diaryl/α,β-unsaturated/α-hetero) is 2. The predicted octanol–water partition coefficient (Wildman–Crippen LogP) is 4.08. The van der Waals surface area contributed by atoms with Gasteiger partial charge in [-0.15, -0.1) is 6.58 Å². The molecule has 15 heteroatoms. The quantitative estimate of drug-likeness (QED) is 0.0939. The number of hydrogen-bond acceptors (Lipinski definition) is 14. The van der Waals surface area contributed by atoms with Gasteiger partial charge >= 0.3 is 5.97 Å². The highest BCUT2D eigenvalue weighted by atomic mass is 16.7. The lowest BCUT2D eigenvalue weighted by molar-refractivity contribution is -0.302. The van der Waals surface area contributed by atoms with Crippen LogP contribution in [0.25, 0.3) is 0 Å². The summed E-state index contributed by atoms with van der Waals surface area (Å²) in [6.07, 6.45) is 3.03. The lowest BCUT2D eigenvalue weighted by Gasteiger charge is -2.47. The van der Waals surface area contributed by atoms with Crippen LogP contribution in [0.2, 0.25) is 0 Å². The van der Waals surface area contributed by atoms with Crippen molar-refractivity contribution >= 4 is 29.2 Å². The van der Waals surface area contributed by atoms with Crippen molar-refractivity contribution < 1.29 is 63.4 Å². The first-order valence-electron chi connectivity index (χ1n) is 21.1. The molecule has 3 aliphatic heterocycles. The smallest absolute Gasteiger partial charge is 0.329 e. The average Bonchev–Trinajstić information content (AvgIpc) is 3.22. The van der Waals surface area contributed by atoms with Crippen molar-refractivity contribution in [2.45, 2.75) is 153 Å². The molecule has 4 aliphatic rings. The molecule has 0 aromatic rings. The first kappa shape index (κ1) is 48.4. The van der Waals surface area contributed by atoms with Crippen molar-refractivity contribution in [3.05, 3.63) is 36.0 Å². The van der Waals surface area contributed by atoms with E-state index in [0.29, 0.717) is 50.5 Å². The number of aliphatic hydroxyl groups excluding tert-OH is 2. The largest absolute Gasteiger partial charge is 0.456 e. The standard InChI is InChI=1S/C44H68N2O13/c1-10-13-30-19-24(2)18-25(3)20-34(56-8)40-35(57-9)22-27(5)44(53,59-40)41(50)42(51)46-17-12-11-14-31(46)43(52)58-39(28(6)37(48)36(45-54)38(30)49)26(4)21-29-15-16-32(47)33(23-29)55-7/h10,19,21,25,27-35,37,39-40,47-48,53-54H,1,11-18,20,22-23H2,2-9H3/b24-19+,26-21?,45-36?. The summed E-state index contributed by atoms with van der Waals surface area (Å²) in [4.78, 5) is 58.2. The number of ketones is 2. The van der Waals surface area contributed by atoms with E-state index in [1.807, 2.05) is 19.9 Å². The number of rotatable bonds is 7. The third kappa shape index (κ3) is 11.2. The zero-order valence-electron chi connectivity index (χ0n) is 36.1. The Bertz CT molecular complexity index is 1600. The molecule has 2 bridgehead atoms. The number of piperidine rings is 1. The van der Waals surface area contributed by atoms with E-state index in [4.69, 9.17) is 23.7 Å². The van der Waals surface area contributed by atoms with Crippen LogP contribution in [0, 0.1) is 29.6 Å². The Balaban J connectivity index is 1.84. The molecule has 1 amide bonds. The van der Waals surface area contributed by atoms with E-state index in [1.165, 1.54) is 21.3 Å². The molecular weight excluding hydrogens is 764 g/mol. The molecule has 3 fully saturated rings. The van der Waals surface area contributed by atoms with Crippen LogP contribution in [0.15, 0.2) is 41.1 Å². The molecule has 14 unspecified atom stereocenters. The number of amides is 1. The summed E-state index contributed by atoms with van der Waals surface area (Å²) in [7, 11) is 4.52. The van der Waals surface area contributed by atoms with E-state index in [1.54, 1.807) is 32.9 Å². The molecule has 14 atom stereocenters. The Morgan fingerprint density at radius 2 is 1.64 bits per heavy atom. The number of oxime groups is 1. The van der Waals surface area contributed by atoms with E-state index >= 15 is 0 Å². The Labute approximate surface area is 348 Å². The van der Waals surface area contributed by atoms with Crippen LogP contribution < -0.4 is 0 Å². The van der Waals surface area contributed by atoms with E-state index in [-0.39, 0.29) is 37.6 Å². The number of nitrogens with zero attached hydrogens (tertiary/aromatic N) is 2. The maximum atomic E-state index is 14.4. The van der Waals surface area contributed by atoms with Gasteiger partial charge in [0.15, 0.2) is 11.5 Å². The van der Waals surface area contributed by atoms with Gasteiger partial charge in [-0.1, -0.05) is 49.7 Å². The van der Waals surface area contributed by atoms with Crippen LogP contribution in [0.1, 0.15) is 98.8 Å². The molecule has 332 valence electrons. The van der Waals surface area contributed by atoms with E-state index < -0.39 is 101 Å². The second kappa shape index (κ2) is 21.5. The van der Waals surface area contributed by atoms with Crippen LogP contribution >= 0.6 is 0 Å². The number of aliphatic hydroxyl groups is 3. The fourth-order valence-corrected chi connectivity index (χ4v) is 9.50. The average molecular weight is 833 g/mol. The molecule has 4 N–H and O–H groups in total. The fourth-order valence-electron chi connectivity index (χ4n) is 9.50. The molecule has 0 aromatic heterocycles. The van der Waals surface area contributed by atoms with Gasteiger partial charge in [0.1, 0.15) is 24.4 Å². The van der Waals surface area contributed by atoms with Crippen LogP contribution in [-0.2, 0) is 42.9 Å². The summed E-state index contributed by atoms with van der Waals surface area (Å²) >= 11 is 0. The summed E-state index contributed by atoms with van der Waals surface area (Å²) in [5, 5.41) is 48.0. The van der Waals surface area contributed by atoms with E-state index in [2.05, 4.69) is 11.7 Å². The molecule has 0 radical (unpaired) electrons. The molecule has 1 saturated carbocycles. The van der Waals surface area contributed by atoms with Gasteiger partial charge < -0.3 is 49.1 Å². The Morgan fingerprint density at radius 1 is 0.983 bits per heavy atom. The fraction of sp³-hybridized carbons (Fsp3) is 0.750. The van der Waals surface area contributed by atoms with Crippen LogP contribution in [-0.4, -0.2) is 137 Å². The van der Waals surface area contributed by atoms with Crippen molar-refractivity contribution in [3.63, 3.8) is 0 Å². The minimum Gasteiger partial charge on any atom is -0.456 e. The molecule has 2 saturated heterocycles. The lowest BCUT2D eigenvalue weighted by Crippen LogP contribution is -2.64. The third-order valence-corrected chi connectivity index (χ3v) is 12.9. The molecular formula is C44H68N2O13. The first-order chi connectivity index (χ1) is 27.9. The number of fused-ring (bicyclic) bond motifs is 3. The number of esters is 1. The number of hydrogen-bond donors (Lipinski definition) is 4. The van der Waals surface area contributed by atoms with E-state index in [0.717, 1.165) is 10.5 Å². The maximum absolute atomic E-state index is 14.4. The van der Waals surface area contributed by atoms with Gasteiger partial charge in [-0.2, -0.15) is 0 Å². The predicted molar refractivity (Wildman–Crippen MR) is 217 cm³/mol. The Kier molecular flexibility index (Phi) is 17.6. The van der Waals surface area contributed by atoms with Crippen molar-refractivity contribution in [3.8, 4) is 0 Å². The van der Waals surface area contributed by atoms with Crippen LogP contribution in [0.3, 0.4) is 0 Å². The van der Waals surface area contributed by atoms with Crippen molar-refractivity contribution in [1.29, 1.82) is 0 Å². The van der Waals surface area contributed by atoms with Gasteiger partial charge in [-0.3, -0.25) is 14.4 Å². The minimum atomic E-state index is -2.55. The van der Waals surface area contributed by atoms with Gasteiger partial charge in [-0.05, 0) is 95.5 Å².